The zero-order chi connectivity index (χ0) is 38.7. The Balaban J connectivity index is 4.25. The van der Waals surface area contributed by atoms with Crippen molar-refractivity contribution in [3.05, 3.63) is 12.2 Å². The van der Waals surface area contributed by atoms with Crippen LogP contribution in [0, 0.1) is 0 Å². The van der Waals surface area contributed by atoms with E-state index >= 15 is 0 Å². The topological polar surface area (TPSA) is 78.9 Å². The molecule has 0 amide bonds. The van der Waals surface area contributed by atoms with Gasteiger partial charge in [-0.2, -0.15) is 0 Å². The van der Waals surface area contributed by atoms with Gasteiger partial charge in [0.25, 0.3) is 0 Å². The lowest BCUT2D eigenvalue weighted by atomic mass is 10.1. The van der Waals surface area contributed by atoms with Gasteiger partial charge in [0, 0.05) is 19.3 Å². The summed E-state index contributed by atoms with van der Waals surface area (Å²) in [6.45, 7) is 6.60. The maximum Gasteiger partial charge on any atom is 0.306 e. The highest BCUT2D eigenvalue weighted by Gasteiger charge is 2.19. The minimum absolute atomic E-state index is 0.0675. The van der Waals surface area contributed by atoms with Crippen molar-refractivity contribution >= 4 is 17.9 Å². The van der Waals surface area contributed by atoms with Gasteiger partial charge in [0.15, 0.2) is 6.10 Å². The molecule has 0 saturated carbocycles. The van der Waals surface area contributed by atoms with Crippen LogP contribution in [0.1, 0.15) is 252 Å². The molecule has 0 aliphatic rings. The third kappa shape index (κ3) is 41.2. The lowest BCUT2D eigenvalue weighted by molar-refractivity contribution is -0.167. The summed E-state index contributed by atoms with van der Waals surface area (Å²) < 4.78 is 16.7. The summed E-state index contributed by atoms with van der Waals surface area (Å²) in [5.41, 5.74) is 0. The van der Waals surface area contributed by atoms with Gasteiger partial charge in [-0.1, -0.05) is 200 Å². The van der Waals surface area contributed by atoms with Gasteiger partial charge in [-0.25, -0.2) is 0 Å². The van der Waals surface area contributed by atoms with Crippen molar-refractivity contribution in [2.45, 2.75) is 258 Å². The second kappa shape index (κ2) is 42.9. The molecule has 0 heterocycles. The molecule has 0 N–H and O–H groups in total. The lowest BCUT2D eigenvalue weighted by Gasteiger charge is -2.18. The van der Waals surface area contributed by atoms with Crippen molar-refractivity contribution in [3.8, 4) is 0 Å². The van der Waals surface area contributed by atoms with Gasteiger partial charge in [-0.05, 0) is 44.9 Å². The van der Waals surface area contributed by atoms with Crippen LogP contribution in [0.25, 0.3) is 0 Å². The number of unbranched alkanes of at least 4 members (excludes halogenated alkanes) is 29. The molecular weight excluding hydrogens is 661 g/mol. The van der Waals surface area contributed by atoms with E-state index in [1.54, 1.807) is 0 Å². The number of carbonyl (C=O) groups is 3. The number of esters is 3. The Kier molecular flexibility index (Phi) is 41.4. The van der Waals surface area contributed by atoms with Gasteiger partial charge < -0.3 is 14.2 Å². The number of allylic oxidation sites excluding steroid dienone is 2. The smallest absolute Gasteiger partial charge is 0.306 e. The predicted molar refractivity (Wildman–Crippen MR) is 224 cm³/mol. The number of hydrogen-bond donors (Lipinski definition) is 0. The van der Waals surface area contributed by atoms with Gasteiger partial charge in [-0.15, -0.1) is 0 Å². The van der Waals surface area contributed by atoms with Gasteiger partial charge in [0.1, 0.15) is 13.2 Å². The van der Waals surface area contributed by atoms with Crippen LogP contribution in [0.15, 0.2) is 12.2 Å². The first-order valence-electron chi connectivity index (χ1n) is 23.2. The van der Waals surface area contributed by atoms with Crippen LogP contribution in [-0.4, -0.2) is 37.2 Å². The highest BCUT2D eigenvalue weighted by atomic mass is 16.6. The average Bonchev–Trinajstić information content (AvgIpc) is 3.15. The molecule has 6 nitrogen and oxygen atoms in total. The first-order valence-corrected chi connectivity index (χ1v) is 23.2. The largest absolute Gasteiger partial charge is 0.462 e. The summed E-state index contributed by atoms with van der Waals surface area (Å²) in [6, 6.07) is 0. The molecule has 0 aliphatic carbocycles. The van der Waals surface area contributed by atoms with Crippen LogP contribution in [0.4, 0.5) is 0 Å². The molecule has 0 aromatic heterocycles. The van der Waals surface area contributed by atoms with Crippen LogP contribution in [0.2, 0.25) is 0 Å². The van der Waals surface area contributed by atoms with E-state index in [9.17, 15) is 14.4 Å². The fourth-order valence-corrected chi connectivity index (χ4v) is 6.73. The molecule has 0 spiro atoms. The van der Waals surface area contributed by atoms with E-state index in [-0.39, 0.29) is 31.1 Å². The van der Waals surface area contributed by atoms with Gasteiger partial charge in [0.05, 0.1) is 0 Å². The summed E-state index contributed by atoms with van der Waals surface area (Å²) >= 11 is 0. The molecule has 53 heavy (non-hydrogen) atoms. The predicted octanol–water partition coefficient (Wildman–Crippen LogP) is 14.6. The monoisotopic (exact) mass is 749 g/mol. The first kappa shape index (κ1) is 51.1. The van der Waals surface area contributed by atoms with Crippen LogP contribution in [0.3, 0.4) is 0 Å². The molecule has 0 unspecified atom stereocenters. The Labute approximate surface area is 329 Å². The highest BCUT2D eigenvalue weighted by Crippen LogP contribution is 2.15. The number of hydrogen-bond acceptors (Lipinski definition) is 6. The number of ether oxygens (including phenoxy) is 3. The van der Waals surface area contributed by atoms with Crippen molar-refractivity contribution in [1.82, 2.24) is 0 Å². The second-order valence-corrected chi connectivity index (χ2v) is 15.7. The van der Waals surface area contributed by atoms with Crippen molar-refractivity contribution in [1.29, 1.82) is 0 Å². The standard InChI is InChI=1S/C47H88O6/c1-4-7-10-13-16-19-20-21-22-23-24-25-26-29-31-34-37-40-46(49)52-43-44(53-47(50)41-38-35-32-28-18-15-12-9-6-3)42-51-45(48)39-36-33-30-27-17-14-11-8-5-2/h21-22,44H,4-20,23-43H2,1-3H3/b22-21-/t44-/m1/s1. The lowest BCUT2D eigenvalue weighted by Crippen LogP contribution is -2.30. The van der Waals surface area contributed by atoms with E-state index in [1.165, 1.54) is 154 Å². The SMILES string of the molecule is CCCCCCCC/C=C\CCCCCCCCCC(=O)OC[C@@H](COC(=O)CCCCCCCCCCC)OC(=O)CCCCCCCCCCC. The van der Waals surface area contributed by atoms with Crippen LogP contribution in [-0.2, 0) is 28.6 Å². The third-order valence-corrected chi connectivity index (χ3v) is 10.3. The summed E-state index contributed by atoms with van der Waals surface area (Å²) in [5, 5.41) is 0. The van der Waals surface area contributed by atoms with E-state index in [4.69, 9.17) is 14.2 Å². The normalized spacial score (nSPS) is 12.0. The van der Waals surface area contributed by atoms with E-state index in [2.05, 4.69) is 32.9 Å². The summed E-state index contributed by atoms with van der Waals surface area (Å²) in [4.78, 5) is 37.6. The Morgan fingerprint density at radius 2 is 0.623 bits per heavy atom. The molecule has 0 radical (unpaired) electrons. The minimum atomic E-state index is -0.762. The molecule has 312 valence electrons. The van der Waals surface area contributed by atoms with Crippen molar-refractivity contribution in [2.75, 3.05) is 13.2 Å². The maximum atomic E-state index is 12.6. The third-order valence-electron chi connectivity index (χ3n) is 10.3. The zero-order valence-electron chi connectivity index (χ0n) is 35.6. The van der Waals surface area contributed by atoms with Gasteiger partial charge in [0.2, 0.25) is 0 Å². The van der Waals surface area contributed by atoms with Crippen molar-refractivity contribution in [3.63, 3.8) is 0 Å². The molecule has 1 atom stereocenters. The highest BCUT2D eigenvalue weighted by molar-refractivity contribution is 5.71. The zero-order valence-corrected chi connectivity index (χ0v) is 35.6. The van der Waals surface area contributed by atoms with Gasteiger partial charge in [-0.3, -0.25) is 14.4 Å². The van der Waals surface area contributed by atoms with E-state index in [0.29, 0.717) is 19.3 Å². The van der Waals surface area contributed by atoms with Crippen LogP contribution < -0.4 is 0 Å². The molecule has 0 aromatic rings. The second-order valence-electron chi connectivity index (χ2n) is 15.7. The van der Waals surface area contributed by atoms with Gasteiger partial charge >= 0.3 is 17.9 Å². The average molecular weight is 749 g/mol. The summed E-state index contributed by atoms with van der Waals surface area (Å²) in [7, 11) is 0. The molecule has 0 aliphatic heterocycles. The molecular formula is C47H88O6. The Morgan fingerprint density at radius 3 is 0.943 bits per heavy atom. The summed E-state index contributed by atoms with van der Waals surface area (Å²) in [6.07, 6.45) is 44.8. The Hall–Kier alpha value is -1.85. The first-order chi connectivity index (χ1) is 26.0. The molecule has 0 aromatic carbocycles. The molecule has 0 bridgehead atoms. The molecule has 0 fully saturated rings. The Morgan fingerprint density at radius 1 is 0.358 bits per heavy atom. The van der Waals surface area contributed by atoms with Crippen LogP contribution in [0.5, 0.6) is 0 Å². The molecule has 0 saturated heterocycles. The summed E-state index contributed by atoms with van der Waals surface area (Å²) in [5.74, 6) is -0.869. The molecule has 0 rings (SSSR count). The van der Waals surface area contributed by atoms with Crippen molar-refractivity contribution in [2.24, 2.45) is 0 Å². The quantitative estimate of drug-likeness (QED) is 0.0268. The van der Waals surface area contributed by atoms with E-state index in [0.717, 1.165) is 57.8 Å². The Bertz CT molecular complexity index is 824. The fraction of sp³-hybridized carbons (Fsp3) is 0.894. The van der Waals surface area contributed by atoms with Crippen molar-refractivity contribution < 1.29 is 28.6 Å². The van der Waals surface area contributed by atoms with E-state index < -0.39 is 6.10 Å². The fourth-order valence-electron chi connectivity index (χ4n) is 6.73. The molecule has 6 heteroatoms. The maximum absolute atomic E-state index is 12.6. The number of carbonyl (C=O) groups excluding carboxylic acids is 3. The van der Waals surface area contributed by atoms with Crippen LogP contribution >= 0.6 is 0 Å². The number of rotatable bonds is 42. The van der Waals surface area contributed by atoms with E-state index in [1.807, 2.05) is 0 Å². The minimum Gasteiger partial charge on any atom is -0.462 e.